The fraction of sp³-hybridized carbons (Fsp3) is 0.182. The lowest BCUT2D eigenvalue weighted by Gasteiger charge is -2.18. The second-order valence-corrected chi connectivity index (χ2v) is 6.28. The van der Waals surface area contributed by atoms with Gasteiger partial charge in [-0.15, -0.1) is 0 Å². The van der Waals surface area contributed by atoms with Crippen LogP contribution >= 0.6 is 0 Å². The van der Waals surface area contributed by atoms with Crippen LogP contribution in [0.2, 0.25) is 0 Å². The van der Waals surface area contributed by atoms with E-state index >= 15 is 0 Å². The highest BCUT2D eigenvalue weighted by atomic mass is 16.5. The molecule has 0 fully saturated rings. The summed E-state index contributed by atoms with van der Waals surface area (Å²) in [5, 5.41) is 0. The van der Waals surface area contributed by atoms with E-state index in [1.54, 1.807) is 48.5 Å². The third-order valence-corrected chi connectivity index (χ3v) is 4.21. The molecule has 0 N–H and O–H groups in total. The van der Waals surface area contributed by atoms with E-state index in [4.69, 9.17) is 9.15 Å². The molecule has 1 heterocycles. The minimum Gasteiger partial charge on any atom is -0.469 e. The molecular weight excluding hydrogens is 342 g/mol. The Balaban J connectivity index is 1.58. The van der Waals surface area contributed by atoms with Gasteiger partial charge in [0.05, 0.1) is 12.7 Å². The summed E-state index contributed by atoms with van der Waals surface area (Å²) >= 11 is 0. The highest BCUT2D eigenvalue weighted by molar-refractivity contribution is 6.05. The maximum absolute atomic E-state index is 12.5. The first-order valence-electron chi connectivity index (χ1n) is 8.71. The standard InChI is InChI=1S/C22H21NO4/c1-16-5-7-17(8-6-16)22(25)23(2)18-9-11-20(12-10-18)27-21(24)14-13-19-4-3-15-26-19/h3-12,15H,13-14H2,1-2H3. The fourth-order valence-electron chi connectivity index (χ4n) is 2.61. The van der Waals surface area contributed by atoms with Gasteiger partial charge in [-0.05, 0) is 55.5 Å². The van der Waals surface area contributed by atoms with E-state index in [1.807, 2.05) is 37.3 Å². The molecule has 2 aromatic carbocycles. The number of benzene rings is 2. The minimum atomic E-state index is -0.330. The molecule has 1 aromatic heterocycles. The molecule has 1 amide bonds. The zero-order valence-electron chi connectivity index (χ0n) is 15.3. The van der Waals surface area contributed by atoms with E-state index < -0.39 is 0 Å². The van der Waals surface area contributed by atoms with E-state index in [0.29, 0.717) is 17.7 Å². The van der Waals surface area contributed by atoms with Crippen molar-refractivity contribution < 1.29 is 18.7 Å². The van der Waals surface area contributed by atoms with Crippen molar-refractivity contribution in [3.8, 4) is 5.75 Å². The van der Waals surface area contributed by atoms with Crippen molar-refractivity contribution in [2.45, 2.75) is 19.8 Å². The number of aryl methyl sites for hydroxylation is 2. The van der Waals surface area contributed by atoms with Crippen molar-refractivity contribution in [3.63, 3.8) is 0 Å². The summed E-state index contributed by atoms with van der Waals surface area (Å²) < 4.78 is 10.5. The van der Waals surface area contributed by atoms with Gasteiger partial charge in [0.1, 0.15) is 11.5 Å². The predicted octanol–water partition coefficient (Wildman–Crippen LogP) is 4.40. The van der Waals surface area contributed by atoms with Gasteiger partial charge in [0.2, 0.25) is 0 Å². The summed E-state index contributed by atoms with van der Waals surface area (Å²) in [6, 6.07) is 17.9. The number of hydrogen-bond donors (Lipinski definition) is 0. The number of carbonyl (C=O) groups excluding carboxylic acids is 2. The number of ether oxygens (including phenoxy) is 1. The summed E-state index contributed by atoms with van der Waals surface area (Å²) in [7, 11) is 1.71. The van der Waals surface area contributed by atoms with E-state index in [2.05, 4.69) is 0 Å². The lowest BCUT2D eigenvalue weighted by molar-refractivity contribution is -0.134. The largest absolute Gasteiger partial charge is 0.469 e. The lowest BCUT2D eigenvalue weighted by atomic mass is 10.1. The number of anilines is 1. The van der Waals surface area contributed by atoms with Gasteiger partial charge >= 0.3 is 5.97 Å². The van der Waals surface area contributed by atoms with Crippen LogP contribution in [0.4, 0.5) is 5.69 Å². The highest BCUT2D eigenvalue weighted by Crippen LogP contribution is 2.21. The first kappa shape index (κ1) is 18.5. The molecule has 0 radical (unpaired) electrons. The lowest BCUT2D eigenvalue weighted by Crippen LogP contribution is -2.26. The van der Waals surface area contributed by atoms with Crippen molar-refractivity contribution in [2.24, 2.45) is 0 Å². The van der Waals surface area contributed by atoms with Crippen molar-refractivity contribution >= 4 is 17.6 Å². The van der Waals surface area contributed by atoms with Gasteiger partial charge in [-0.2, -0.15) is 0 Å². The smallest absolute Gasteiger partial charge is 0.311 e. The van der Waals surface area contributed by atoms with Gasteiger partial charge in [0, 0.05) is 24.7 Å². The topological polar surface area (TPSA) is 59.8 Å². The van der Waals surface area contributed by atoms with Crippen LogP contribution in [0.25, 0.3) is 0 Å². The molecule has 27 heavy (non-hydrogen) atoms. The number of rotatable bonds is 6. The third kappa shape index (κ3) is 4.85. The van der Waals surface area contributed by atoms with Crippen molar-refractivity contribution in [1.29, 1.82) is 0 Å². The van der Waals surface area contributed by atoms with Gasteiger partial charge in [0.15, 0.2) is 0 Å². The van der Waals surface area contributed by atoms with Gasteiger partial charge < -0.3 is 14.1 Å². The first-order chi connectivity index (χ1) is 13.0. The number of amides is 1. The molecule has 0 aliphatic carbocycles. The molecule has 0 aliphatic rings. The number of esters is 1. The average molecular weight is 363 g/mol. The third-order valence-electron chi connectivity index (χ3n) is 4.21. The summed E-state index contributed by atoms with van der Waals surface area (Å²) in [6.45, 7) is 1.98. The van der Waals surface area contributed by atoms with Crippen molar-refractivity contribution in [3.05, 3.63) is 83.8 Å². The number of furan rings is 1. The Morgan fingerprint density at radius 3 is 2.33 bits per heavy atom. The van der Waals surface area contributed by atoms with Gasteiger partial charge in [-0.1, -0.05) is 17.7 Å². The van der Waals surface area contributed by atoms with Crippen LogP contribution in [0.1, 0.15) is 28.1 Å². The Morgan fingerprint density at radius 1 is 1.00 bits per heavy atom. The molecule has 3 rings (SSSR count). The predicted molar refractivity (Wildman–Crippen MR) is 103 cm³/mol. The SMILES string of the molecule is Cc1ccc(C(=O)N(C)c2ccc(OC(=O)CCc3ccco3)cc2)cc1. The van der Waals surface area contributed by atoms with Gasteiger partial charge in [0.25, 0.3) is 5.91 Å². The van der Waals surface area contributed by atoms with Gasteiger partial charge in [-0.3, -0.25) is 9.59 Å². The Hall–Kier alpha value is -3.34. The molecule has 3 aromatic rings. The normalized spacial score (nSPS) is 10.4. The molecule has 0 saturated carbocycles. The van der Waals surface area contributed by atoms with Crippen molar-refractivity contribution in [2.75, 3.05) is 11.9 Å². The maximum atomic E-state index is 12.5. The monoisotopic (exact) mass is 363 g/mol. The van der Waals surface area contributed by atoms with Crippen LogP contribution in [0.15, 0.2) is 71.3 Å². The Morgan fingerprint density at radius 2 is 1.70 bits per heavy atom. The molecule has 5 heteroatoms. The zero-order chi connectivity index (χ0) is 19.2. The Kier molecular flexibility index (Phi) is 5.71. The molecular formula is C22H21NO4. The van der Waals surface area contributed by atoms with E-state index in [0.717, 1.165) is 17.0 Å². The number of nitrogens with zero attached hydrogens (tertiary/aromatic N) is 1. The summed E-state index contributed by atoms with van der Waals surface area (Å²) in [6.07, 6.45) is 2.31. The Labute approximate surface area is 158 Å². The Bertz CT molecular complexity index is 897. The van der Waals surface area contributed by atoms with Crippen LogP contribution in [0.3, 0.4) is 0 Å². The van der Waals surface area contributed by atoms with Crippen LogP contribution in [0.5, 0.6) is 5.75 Å². The van der Waals surface area contributed by atoms with E-state index in [9.17, 15) is 9.59 Å². The average Bonchev–Trinajstić information content (AvgIpc) is 3.20. The number of hydrogen-bond acceptors (Lipinski definition) is 4. The first-order valence-corrected chi connectivity index (χ1v) is 8.71. The number of carbonyl (C=O) groups is 2. The van der Waals surface area contributed by atoms with Crippen LogP contribution in [-0.4, -0.2) is 18.9 Å². The molecule has 0 aliphatic heterocycles. The quantitative estimate of drug-likeness (QED) is 0.481. The second-order valence-electron chi connectivity index (χ2n) is 6.28. The molecule has 0 bridgehead atoms. The zero-order valence-corrected chi connectivity index (χ0v) is 15.3. The fourth-order valence-corrected chi connectivity index (χ4v) is 2.61. The summed E-state index contributed by atoms with van der Waals surface area (Å²) in [5.41, 5.74) is 2.44. The molecule has 0 spiro atoms. The minimum absolute atomic E-state index is 0.0989. The molecule has 5 nitrogen and oxygen atoms in total. The van der Waals surface area contributed by atoms with Crippen LogP contribution < -0.4 is 9.64 Å². The molecule has 0 atom stereocenters. The van der Waals surface area contributed by atoms with E-state index in [1.165, 1.54) is 0 Å². The molecule has 0 saturated heterocycles. The van der Waals surface area contributed by atoms with Crippen LogP contribution in [-0.2, 0) is 11.2 Å². The maximum Gasteiger partial charge on any atom is 0.311 e. The highest BCUT2D eigenvalue weighted by Gasteiger charge is 2.14. The molecule has 138 valence electrons. The summed E-state index contributed by atoms with van der Waals surface area (Å²) in [5.74, 6) is 0.763. The van der Waals surface area contributed by atoms with Crippen LogP contribution in [0, 0.1) is 6.92 Å². The van der Waals surface area contributed by atoms with Crippen molar-refractivity contribution in [1.82, 2.24) is 0 Å². The summed E-state index contributed by atoms with van der Waals surface area (Å²) in [4.78, 5) is 26.0. The van der Waals surface area contributed by atoms with E-state index in [-0.39, 0.29) is 18.3 Å². The van der Waals surface area contributed by atoms with Gasteiger partial charge in [-0.25, -0.2) is 0 Å². The molecule has 0 unspecified atom stereocenters. The second kappa shape index (κ2) is 8.36.